The zero-order valence-electron chi connectivity index (χ0n) is 18.2. The van der Waals surface area contributed by atoms with Crippen molar-refractivity contribution in [2.75, 3.05) is 6.61 Å². The topological polar surface area (TPSA) is 57.6 Å². The highest BCUT2D eigenvalue weighted by Crippen LogP contribution is 2.44. The number of aliphatic hydroxyl groups excluding tert-OH is 1. The van der Waals surface area contributed by atoms with Crippen LogP contribution in [0.3, 0.4) is 0 Å². The molecule has 0 aliphatic carbocycles. The highest BCUT2D eigenvalue weighted by atomic mass is 16.3. The Morgan fingerprint density at radius 3 is 1.71 bits per heavy atom. The van der Waals surface area contributed by atoms with Gasteiger partial charge in [0.05, 0.1) is 12.6 Å². The third-order valence-corrected chi connectivity index (χ3v) is 7.21. The van der Waals surface area contributed by atoms with Crippen molar-refractivity contribution in [3.8, 4) is 0 Å². The van der Waals surface area contributed by atoms with Crippen molar-refractivity contribution in [1.82, 2.24) is 4.90 Å². The first-order chi connectivity index (χ1) is 16.7. The largest absolute Gasteiger partial charge is 0.394 e. The molecular formula is C30H19NO3. The minimum absolute atomic E-state index is 0.342. The minimum atomic E-state index is -0.744. The van der Waals surface area contributed by atoms with Gasteiger partial charge in [-0.25, -0.2) is 0 Å². The quantitative estimate of drug-likeness (QED) is 0.206. The first-order valence-electron chi connectivity index (χ1n) is 11.3. The zero-order valence-corrected chi connectivity index (χ0v) is 18.2. The van der Waals surface area contributed by atoms with E-state index in [2.05, 4.69) is 24.3 Å². The van der Waals surface area contributed by atoms with Crippen molar-refractivity contribution in [2.24, 2.45) is 0 Å². The lowest BCUT2D eigenvalue weighted by Gasteiger charge is -2.33. The number of nitrogens with zero attached hydrogens (tertiary/aromatic N) is 1. The van der Waals surface area contributed by atoms with Crippen LogP contribution in [0, 0.1) is 0 Å². The van der Waals surface area contributed by atoms with Gasteiger partial charge in [-0.05, 0) is 55.4 Å². The molecule has 0 bridgehead atoms. The summed E-state index contributed by atoms with van der Waals surface area (Å²) in [5.41, 5.74) is 1.72. The van der Waals surface area contributed by atoms with Gasteiger partial charge in [0.15, 0.2) is 0 Å². The zero-order chi connectivity index (χ0) is 23.0. The lowest BCUT2D eigenvalue weighted by Crippen LogP contribution is -2.44. The molecule has 0 fully saturated rings. The number of imide groups is 1. The van der Waals surface area contributed by atoms with E-state index in [0.717, 1.165) is 32.5 Å². The molecule has 0 spiro atoms. The molecule has 162 valence electrons. The molecule has 0 unspecified atom stereocenters. The van der Waals surface area contributed by atoms with Crippen LogP contribution >= 0.6 is 0 Å². The Morgan fingerprint density at radius 2 is 1.15 bits per heavy atom. The Bertz CT molecular complexity index is 1690. The van der Waals surface area contributed by atoms with E-state index in [4.69, 9.17) is 0 Å². The number of benzene rings is 6. The van der Waals surface area contributed by atoms with Gasteiger partial charge in [0.2, 0.25) is 0 Å². The van der Waals surface area contributed by atoms with Crippen LogP contribution in [0.25, 0.3) is 43.1 Å². The van der Waals surface area contributed by atoms with E-state index in [0.29, 0.717) is 16.5 Å². The SMILES string of the molecule is O=C1c2ccc3c4cccc5cccc(c6ccc(c2c36)C(=O)N1[C@H](CO)c1ccccc1)c54. The van der Waals surface area contributed by atoms with Gasteiger partial charge in [0.25, 0.3) is 11.8 Å². The van der Waals surface area contributed by atoms with Gasteiger partial charge in [-0.2, -0.15) is 0 Å². The molecule has 0 aromatic heterocycles. The van der Waals surface area contributed by atoms with E-state index >= 15 is 0 Å². The first kappa shape index (κ1) is 19.2. The Kier molecular flexibility index (Phi) is 3.88. The second-order valence-electron chi connectivity index (χ2n) is 8.87. The Labute approximate surface area is 195 Å². The molecule has 0 saturated carbocycles. The number of carbonyl (C=O) groups excluding carboxylic acids is 2. The number of amides is 2. The average molecular weight is 441 g/mol. The molecule has 1 atom stereocenters. The molecule has 0 radical (unpaired) electrons. The molecule has 1 heterocycles. The van der Waals surface area contributed by atoms with Crippen molar-refractivity contribution in [3.63, 3.8) is 0 Å². The maximum atomic E-state index is 13.7. The molecule has 1 aliphatic rings. The molecule has 4 heteroatoms. The Morgan fingerprint density at radius 1 is 0.588 bits per heavy atom. The maximum absolute atomic E-state index is 13.7. The summed E-state index contributed by atoms with van der Waals surface area (Å²) in [4.78, 5) is 28.7. The van der Waals surface area contributed by atoms with Gasteiger partial charge >= 0.3 is 0 Å². The number of rotatable bonds is 3. The van der Waals surface area contributed by atoms with E-state index in [1.54, 1.807) is 0 Å². The molecule has 1 N–H and O–H groups in total. The summed E-state index contributed by atoms with van der Waals surface area (Å²) in [6, 6.07) is 28.7. The lowest BCUT2D eigenvalue weighted by atomic mass is 9.84. The van der Waals surface area contributed by atoms with Crippen LogP contribution in [-0.2, 0) is 0 Å². The summed E-state index contributed by atoms with van der Waals surface area (Å²) in [6.45, 7) is -0.342. The highest BCUT2D eigenvalue weighted by molar-refractivity contribution is 6.38. The fourth-order valence-electron chi connectivity index (χ4n) is 5.74. The standard InChI is InChI=1S/C30H19NO3/c32-16-25(17-6-2-1-3-7-17)31-29(33)23-14-12-21-19-10-4-8-18-9-5-11-20(26(18)19)22-13-15-24(30(31)34)28(23)27(21)22/h1-15,25,32H,16H2/t25-/m1/s1. The van der Waals surface area contributed by atoms with Crippen LogP contribution in [0.15, 0.2) is 91.0 Å². The normalized spacial score (nSPS) is 14.7. The van der Waals surface area contributed by atoms with E-state index < -0.39 is 6.04 Å². The molecule has 0 saturated heterocycles. The van der Waals surface area contributed by atoms with Crippen LogP contribution in [0.2, 0.25) is 0 Å². The smallest absolute Gasteiger partial charge is 0.262 e. The number of carbonyl (C=O) groups is 2. The number of hydrogen-bond acceptors (Lipinski definition) is 3. The minimum Gasteiger partial charge on any atom is -0.394 e. The lowest BCUT2D eigenvalue weighted by molar-refractivity contribution is 0.0468. The summed E-state index contributed by atoms with van der Waals surface area (Å²) in [5, 5.41) is 18.5. The van der Waals surface area contributed by atoms with Crippen molar-refractivity contribution in [2.45, 2.75) is 6.04 Å². The van der Waals surface area contributed by atoms with Gasteiger partial charge in [0, 0.05) is 16.5 Å². The molecule has 6 aromatic rings. The van der Waals surface area contributed by atoms with Crippen molar-refractivity contribution < 1.29 is 14.7 Å². The second-order valence-corrected chi connectivity index (χ2v) is 8.87. The molecule has 7 rings (SSSR count). The van der Waals surface area contributed by atoms with Gasteiger partial charge in [-0.15, -0.1) is 0 Å². The average Bonchev–Trinajstić information content (AvgIpc) is 2.89. The van der Waals surface area contributed by atoms with Crippen LogP contribution < -0.4 is 0 Å². The number of aliphatic hydroxyl groups is 1. The number of hydrogen-bond donors (Lipinski definition) is 1. The van der Waals surface area contributed by atoms with E-state index in [1.165, 1.54) is 15.7 Å². The van der Waals surface area contributed by atoms with Crippen LogP contribution in [-0.4, -0.2) is 28.4 Å². The summed E-state index contributed by atoms with van der Waals surface area (Å²) in [5.74, 6) is -0.748. The third-order valence-electron chi connectivity index (χ3n) is 7.21. The van der Waals surface area contributed by atoms with E-state index in [-0.39, 0.29) is 18.4 Å². The van der Waals surface area contributed by atoms with Crippen LogP contribution in [0.1, 0.15) is 32.3 Å². The van der Waals surface area contributed by atoms with Crippen molar-refractivity contribution in [3.05, 3.63) is 108 Å². The van der Waals surface area contributed by atoms with Gasteiger partial charge in [0.1, 0.15) is 0 Å². The van der Waals surface area contributed by atoms with Crippen molar-refractivity contribution >= 4 is 54.9 Å². The monoisotopic (exact) mass is 441 g/mol. The number of fused-ring (bicyclic) bond motifs is 2. The Balaban J connectivity index is 1.56. The highest BCUT2D eigenvalue weighted by Gasteiger charge is 2.38. The summed E-state index contributed by atoms with van der Waals surface area (Å²) >= 11 is 0. The molecular weight excluding hydrogens is 422 g/mol. The Hall–Kier alpha value is -4.28. The molecule has 1 aliphatic heterocycles. The van der Waals surface area contributed by atoms with Gasteiger partial charge < -0.3 is 5.11 Å². The summed E-state index contributed by atoms with van der Waals surface area (Å²) in [7, 11) is 0. The third kappa shape index (κ3) is 2.35. The fourth-order valence-corrected chi connectivity index (χ4v) is 5.74. The first-order valence-corrected chi connectivity index (χ1v) is 11.3. The molecule has 4 nitrogen and oxygen atoms in total. The molecule has 34 heavy (non-hydrogen) atoms. The summed E-state index contributed by atoms with van der Waals surface area (Å²) < 4.78 is 0. The molecule has 6 aromatic carbocycles. The van der Waals surface area contributed by atoms with Gasteiger partial charge in [-0.3, -0.25) is 14.5 Å². The molecule has 2 amide bonds. The maximum Gasteiger partial charge on any atom is 0.262 e. The van der Waals surface area contributed by atoms with E-state index in [1.807, 2.05) is 66.7 Å². The van der Waals surface area contributed by atoms with Crippen LogP contribution in [0.5, 0.6) is 0 Å². The fraction of sp³-hybridized carbons (Fsp3) is 0.0667. The second kappa shape index (κ2) is 6.86. The van der Waals surface area contributed by atoms with Crippen LogP contribution in [0.4, 0.5) is 0 Å². The predicted octanol–water partition coefficient (Wildman–Crippen LogP) is 6.07. The van der Waals surface area contributed by atoms with E-state index in [9.17, 15) is 14.7 Å². The van der Waals surface area contributed by atoms with Crippen molar-refractivity contribution in [1.29, 1.82) is 0 Å². The summed E-state index contributed by atoms with van der Waals surface area (Å²) in [6.07, 6.45) is 0. The van der Waals surface area contributed by atoms with Gasteiger partial charge in [-0.1, -0.05) is 78.9 Å². The predicted molar refractivity (Wildman–Crippen MR) is 134 cm³/mol.